The van der Waals surface area contributed by atoms with E-state index < -0.39 is 0 Å². The lowest BCUT2D eigenvalue weighted by Crippen LogP contribution is -2.24. The maximum absolute atomic E-state index is 11.8. The number of unbranched alkanes of at least 4 members (excludes halogenated alkanes) is 1. The van der Waals surface area contributed by atoms with E-state index in [-0.39, 0.29) is 12.5 Å². The molecule has 0 saturated heterocycles. The molecule has 0 radical (unpaired) electrons. The van der Waals surface area contributed by atoms with Crippen LogP contribution >= 0.6 is 11.6 Å². The Bertz CT molecular complexity index is 474. The van der Waals surface area contributed by atoms with Crippen LogP contribution in [0.5, 0.6) is 0 Å². The van der Waals surface area contributed by atoms with Gasteiger partial charge >= 0.3 is 0 Å². The molecule has 0 bridgehead atoms. The highest BCUT2D eigenvalue weighted by Crippen LogP contribution is 2.16. The molecular weight excluding hydrogens is 248 g/mol. The summed E-state index contributed by atoms with van der Waals surface area (Å²) in [6.45, 7) is 3.05. The predicted molar refractivity (Wildman–Crippen MR) is 74.6 cm³/mol. The highest BCUT2D eigenvalue weighted by molar-refractivity contribution is 6.32. The summed E-state index contributed by atoms with van der Waals surface area (Å²) in [5.74, 6) is 5.47. The van der Waals surface area contributed by atoms with Gasteiger partial charge in [-0.3, -0.25) is 4.79 Å². The van der Waals surface area contributed by atoms with Gasteiger partial charge in [-0.1, -0.05) is 36.8 Å². The molecule has 1 amide bonds. The fourth-order valence-corrected chi connectivity index (χ4v) is 1.61. The predicted octanol–water partition coefficient (Wildman–Crippen LogP) is 2.18. The SMILES string of the molecule is CCCCNC(=O)c1ccc(C#CCN)c(Cl)c1. The number of nitrogens with one attached hydrogen (secondary N) is 1. The van der Waals surface area contributed by atoms with Crippen molar-refractivity contribution < 1.29 is 4.79 Å². The molecule has 0 aromatic heterocycles. The third kappa shape index (κ3) is 4.40. The van der Waals surface area contributed by atoms with Crippen molar-refractivity contribution in [3.05, 3.63) is 34.3 Å². The molecule has 1 aromatic carbocycles. The molecular formula is C14H17ClN2O. The van der Waals surface area contributed by atoms with Crippen LogP contribution < -0.4 is 11.1 Å². The largest absolute Gasteiger partial charge is 0.352 e. The average Bonchev–Trinajstić information content (AvgIpc) is 2.37. The molecule has 0 saturated carbocycles. The van der Waals surface area contributed by atoms with E-state index in [9.17, 15) is 4.79 Å². The van der Waals surface area contributed by atoms with Crippen molar-refractivity contribution in [2.45, 2.75) is 19.8 Å². The van der Waals surface area contributed by atoms with Gasteiger partial charge in [0.1, 0.15) is 0 Å². The highest BCUT2D eigenvalue weighted by Gasteiger charge is 2.07. The second kappa shape index (κ2) is 7.75. The first-order valence-electron chi connectivity index (χ1n) is 5.95. The molecule has 1 aromatic rings. The van der Waals surface area contributed by atoms with Crippen LogP contribution in [0.4, 0.5) is 0 Å². The first-order chi connectivity index (χ1) is 8.69. The van der Waals surface area contributed by atoms with Crippen molar-refractivity contribution in [2.75, 3.05) is 13.1 Å². The molecule has 0 unspecified atom stereocenters. The fourth-order valence-electron chi connectivity index (χ4n) is 1.38. The van der Waals surface area contributed by atoms with E-state index in [4.69, 9.17) is 17.3 Å². The molecule has 18 heavy (non-hydrogen) atoms. The van der Waals surface area contributed by atoms with E-state index in [0.29, 0.717) is 22.7 Å². The molecule has 4 heteroatoms. The first-order valence-corrected chi connectivity index (χ1v) is 6.33. The van der Waals surface area contributed by atoms with Crippen molar-refractivity contribution in [2.24, 2.45) is 5.73 Å². The second-order valence-corrected chi connectivity index (χ2v) is 4.22. The molecule has 0 atom stereocenters. The van der Waals surface area contributed by atoms with Gasteiger partial charge in [0.25, 0.3) is 5.91 Å². The van der Waals surface area contributed by atoms with Crippen LogP contribution in [0.1, 0.15) is 35.7 Å². The van der Waals surface area contributed by atoms with E-state index in [2.05, 4.69) is 24.1 Å². The first kappa shape index (κ1) is 14.6. The van der Waals surface area contributed by atoms with Gasteiger partial charge < -0.3 is 11.1 Å². The Morgan fingerprint density at radius 3 is 2.89 bits per heavy atom. The zero-order valence-corrected chi connectivity index (χ0v) is 11.2. The van der Waals surface area contributed by atoms with E-state index in [1.165, 1.54) is 0 Å². The van der Waals surface area contributed by atoms with Gasteiger partial charge in [0, 0.05) is 17.7 Å². The van der Waals surface area contributed by atoms with Gasteiger partial charge in [-0.25, -0.2) is 0 Å². The van der Waals surface area contributed by atoms with E-state index in [1.54, 1.807) is 18.2 Å². The third-order valence-corrected chi connectivity index (χ3v) is 2.68. The Hall–Kier alpha value is -1.50. The van der Waals surface area contributed by atoms with Crippen LogP contribution in [0.25, 0.3) is 0 Å². The number of carbonyl (C=O) groups is 1. The van der Waals surface area contributed by atoms with Crippen LogP contribution in [0, 0.1) is 11.8 Å². The number of hydrogen-bond acceptors (Lipinski definition) is 2. The van der Waals surface area contributed by atoms with Gasteiger partial charge in [0.2, 0.25) is 0 Å². The van der Waals surface area contributed by atoms with Crippen molar-refractivity contribution >= 4 is 17.5 Å². The number of carbonyl (C=O) groups excluding carboxylic acids is 1. The molecule has 0 spiro atoms. The fraction of sp³-hybridized carbons (Fsp3) is 0.357. The van der Waals surface area contributed by atoms with Crippen LogP contribution in [0.3, 0.4) is 0 Å². The zero-order valence-electron chi connectivity index (χ0n) is 10.4. The Labute approximate surface area is 113 Å². The van der Waals surface area contributed by atoms with Crippen LogP contribution in [-0.4, -0.2) is 19.0 Å². The quantitative estimate of drug-likeness (QED) is 0.647. The summed E-state index contributed by atoms with van der Waals surface area (Å²) in [7, 11) is 0. The van der Waals surface area contributed by atoms with Crippen molar-refractivity contribution in [1.29, 1.82) is 0 Å². The van der Waals surface area contributed by atoms with Crippen molar-refractivity contribution in [3.63, 3.8) is 0 Å². The number of nitrogens with two attached hydrogens (primary N) is 1. The Kier molecular flexibility index (Phi) is 6.27. The molecule has 0 aliphatic heterocycles. The summed E-state index contributed by atoms with van der Waals surface area (Å²) in [5, 5.41) is 3.31. The molecule has 0 aliphatic rings. The number of halogens is 1. The minimum atomic E-state index is -0.108. The van der Waals surface area contributed by atoms with E-state index in [0.717, 1.165) is 12.8 Å². The standard InChI is InChI=1S/C14H17ClN2O/c1-2-3-9-17-14(18)12-7-6-11(5-4-8-16)13(15)10-12/h6-7,10H,2-3,8-9,16H2,1H3,(H,17,18). The summed E-state index contributed by atoms with van der Waals surface area (Å²) in [5.41, 5.74) is 6.53. The topological polar surface area (TPSA) is 55.1 Å². The minimum absolute atomic E-state index is 0.108. The third-order valence-electron chi connectivity index (χ3n) is 2.37. The summed E-state index contributed by atoms with van der Waals surface area (Å²) >= 11 is 6.05. The lowest BCUT2D eigenvalue weighted by molar-refractivity contribution is 0.0953. The second-order valence-electron chi connectivity index (χ2n) is 3.81. The summed E-state index contributed by atoms with van der Waals surface area (Å²) < 4.78 is 0. The van der Waals surface area contributed by atoms with Gasteiger partial charge in [-0.2, -0.15) is 0 Å². The average molecular weight is 265 g/mol. The monoisotopic (exact) mass is 264 g/mol. The lowest BCUT2D eigenvalue weighted by atomic mass is 10.1. The highest BCUT2D eigenvalue weighted by atomic mass is 35.5. The maximum atomic E-state index is 11.8. The number of rotatable bonds is 4. The Morgan fingerprint density at radius 2 is 2.28 bits per heavy atom. The van der Waals surface area contributed by atoms with Crippen LogP contribution in [-0.2, 0) is 0 Å². The van der Waals surface area contributed by atoms with Crippen molar-refractivity contribution in [1.82, 2.24) is 5.32 Å². The van der Waals surface area contributed by atoms with Crippen LogP contribution in [0.2, 0.25) is 5.02 Å². The molecule has 0 fully saturated rings. The molecule has 1 rings (SSSR count). The molecule has 3 N–H and O–H groups in total. The molecule has 0 heterocycles. The summed E-state index contributed by atoms with van der Waals surface area (Å²) in [6.07, 6.45) is 2.02. The van der Waals surface area contributed by atoms with E-state index in [1.807, 2.05) is 0 Å². The molecule has 96 valence electrons. The minimum Gasteiger partial charge on any atom is -0.352 e. The zero-order chi connectivity index (χ0) is 13.4. The maximum Gasteiger partial charge on any atom is 0.251 e. The normalized spacial score (nSPS) is 9.50. The van der Waals surface area contributed by atoms with Gasteiger partial charge in [-0.05, 0) is 24.6 Å². The van der Waals surface area contributed by atoms with Crippen LogP contribution in [0.15, 0.2) is 18.2 Å². The Balaban J connectivity index is 2.74. The number of benzene rings is 1. The lowest BCUT2D eigenvalue weighted by Gasteiger charge is -2.05. The van der Waals surface area contributed by atoms with Gasteiger partial charge in [0.15, 0.2) is 0 Å². The number of hydrogen-bond donors (Lipinski definition) is 2. The van der Waals surface area contributed by atoms with Crippen molar-refractivity contribution in [3.8, 4) is 11.8 Å². The van der Waals surface area contributed by atoms with Gasteiger partial charge in [0.05, 0.1) is 11.6 Å². The van der Waals surface area contributed by atoms with E-state index >= 15 is 0 Å². The van der Waals surface area contributed by atoms with Gasteiger partial charge in [-0.15, -0.1) is 0 Å². The Morgan fingerprint density at radius 1 is 1.50 bits per heavy atom. The molecule has 3 nitrogen and oxygen atoms in total. The number of amides is 1. The summed E-state index contributed by atoms with van der Waals surface area (Å²) in [4.78, 5) is 11.8. The smallest absolute Gasteiger partial charge is 0.251 e. The molecule has 0 aliphatic carbocycles. The summed E-state index contributed by atoms with van der Waals surface area (Å²) in [6, 6.07) is 5.08.